The number of hydrogen-bond donors (Lipinski definition) is 0. The zero-order valence-corrected chi connectivity index (χ0v) is 10.0. The van der Waals surface area contributed by atoms with Crippen molar-refractivity contribution in [1.29, 1.82) is 0 Å². The van der Waals surface area contributed by atoms with E-state index in [-0.39, 0.29) is 0 Å². The summed E-state index contributed by atoms with van der Waals surface area (Å²) in [5.74, 6) is 0. The predicted octanol–water partition coefficient (Wildman–Crippen LogP) is 3.62. The van der Waals surface area contributed by atoms with Gasteiger partial charge in [-0.1, -0.05) is 24.3 Å². The Hall–Kier alpha value is -1.12. The van der Waals surface area contributed by atoms with Crippen LogP contribution in [0.25, 0.3) is 10.4 Å². The Balaban J connectivity index is 1.82. The molecule has 82 valence electrons. The van der Waals surface area contributed by atoms with Gasteiger partial charge in [0.05, 0.1) is 0 Å². The van der Waals surface area contributed by atoms with Gasteiger partial charge in [-0.2, -0.15) is 0 Å². The van der Waals surface area contributed by atoms with Crippen LogP contribution in [0.4, 0.5) is 0 Å². The SMILES string of the molecule is c1cc(CN2CCC2)cc(-c2cccs2)c1. The first-order valence-corrected chi connectivity index (χ1v) is 6.65. The van der Waals surface area contributed by atoms with Crippen molar-refractivity contribution in [2.45, 2.75) is 13.0 Å². The number of nitrogens with zero attached hydrogens (tertiary/aromatic N) is 1. The van der Waals surface area contributed by atoms with E-state index in [1.165, 1.54) is 35.5 Å². The third kappa shape index (κ3) is 2.04. The van der Waals surface area contributed by atoms with Crippen LogP contribution in [0.3, 0.4) is 0 Å². The van der Waals surface area contributed by atoms with Crippen LogP contribution < -0.4 is 0 Å². The molecule has 0 aliphatic carbocycles. The molecule has 3 rings (SSSR count). The summed E-state index contributed by atoms with van der Waals surface area (Å²) in [4.78, 5) is 3.86. The normalized spacial score (nSPS) is 16.0. The van der Waals surface area contributed by atoms with Crippen LogP contribution >= 0.6 is 11.3 Å². The minimum Gasteiger partial charge on any atom is -0.299 e. The van der Waals surface area contributed by atoms with Gasteiger partial charge in [-0.3, -0.25) is 4.90 Å². The molecule has 2 heterocycles. The third-order valence-corrected chi connectivity index (χ3v) is 4.01. The van der Waals surface area contributed by atoms with E-state index < -0.39 is 0 Å². The molecule has 2 aromatic rings. The van der Waals surface area contributed by atoms with Gasteiger partial charge in [0.2, 0.25) is 0 Å². The first-order chi connectivity index (χ1) is 7.92. The number of likely N-dealkylation sites (tertiary alicyclic amines) is 1. The van der Waals surface area contributed by atoms with Crippen molar-refractivity contribution in [3.05, 3.63) is 47.3 Å². The quantitative estimate of drug-likeness (QED) is 0.777. The molecule has 1 aromatic carbocycles. The molecule has 0 spiro atoms. The average molecular weight is 229 g/mol. The second-order valence-electron chi connectivity index (χ2n) is 4.31. The highest BCUT2D eigenvalue weighted by molar-refractivity contribution is 7.13. The topological polar surface area (TPSA) is 3.24 Å². The summed E-state index contributed by atoms with van der Waals surface area (Å²) in [6, 6.07) is 13.2. The number of hydrogen-bond acceptors (Lipinski definition) is 2. The summed E-state index contributed by atoms with van der Waals surface area (Å²) in [6.45, 7) is 3.64. The Morgan fingerprint density at radius 2 is 2.06 bits per heavy atom. The van der Waals surface area contributed by atoms with Crippen LogP contribution in [-0.2, 0) is 6.54 Å². The van der Waals surface area contributed by atoms with Crippen molar-refractivity contribution in [3.8, 4) is 10.4 Å². The fourth-order valence-corrected chi connectivity index (χ4v) is 2.79. The molecule has 0 saturated carbocycles. The second-order valence-corrected chi connectivity index (χ2v) is 5.26. The van der Waals surface area contributed by atoms with Crippen molar-refractivity contribution in [2.24, 2.45) is 0 Å². The Kier molecular flexibility index (Phi) is 2.77. The van der Waals surface area contributed by atoms with Crippen LogP contribution in [0, 0.1) is 0 Å². The minimum atomic E-state index is 1.11. The van der Waals surface area contributed by atoms with Crippen molar-refractivity contribution < 1.29 is 0 Å². The van der Waals surface area contributed by atoms with Gasteiger partial charge in [0.1, 0.15) is 0 Å². The summed E-state index contributed by atoms with van der Waals surface area (Å²) < 4.78 is 0. The average Bonchev–Trinajstić information content (AvgIpc) is 2.77. The summed E-state index contributed by atoms with van der Waals surface area (Å²) in [6.07, 6.45) is 1.37. The van der Waals surface area contributed by atoms with E-state index in [1.54, 1.807) is 0 Å². The summed E-state index contributed by atoms with van der Waals surface area (Å²) in [7, 11) is 0. The molecule has 0 atom stereocenters. The molecule has 0 amide bonds. The van der Waals surface area contributed by atoms with E-state index in [1.807, 2.05) is 11.3 Å². The van der Waals surface area contributed by atoms with E-state index >= 15 is 0 Å². The Bertz CT molecular complexity index is 457. The van der Waals surface area contributed by atoms with Crippen molar-refractivity contribution >= 4 is 11.3 Å². The Morgan fingerprint density at radius 3 is 2.75 bits per heavy atom. The standard InChI is InChI=1S/C14H15NS/c1-4-12(11-15-7-3-8-15)10-13(5-1)14-6-2-9-16-14/h1-2,4-6,9-10H,3,7-8,11H2. The Morgan fingerprint density at radius 1 is 1.12 bits per heavy atom. The summed E-state index contributed by atoms with van der Waals surface area (Å²) >= 11 is 1.81. The zero-order valence-electron chi connectivity index (χ0n) is 9.23. The maximum absolute atomic E-state index is 2.49. The summed E-state index contributed by atoms with van der Waals surface area (Å²) in [5, 5.41) is 2.14. The molecule has 0 radical (unpaired) electrons. The van der Waals surface area contributed by atoms with Gasteiger partial charge in [0.15, 0.2) is 0 Å². The molecule has 1 aliphatic rings. The van der Waals surface area contributed by atoms with Crippen molar-refractivity contribution in [3.63, 3.8) is 0 Å². The molecule has 2 heteroatoms. The molecule has 1 saturated heterocycles. The smallest absolute Gasteiger partial charge is 0.0342 e. The van der Waals surface area contributed by atoms with E-state index in [0.29, 0.717) is 0 Å². The van der Waals surface area contributed by atoms with Crippen LogP contribution in [0.5, 0.6) is 0 Å². The Labute approximate surface area is 100 Å². The highest BCUT2D eigenvalue weighted by atomic mass is 32.1. The van der Waals surface area contributed by atoms with Crippen LogP contribution in [0.15, 0.2) is 41.8 Å². The first-order valence-electron chi connectivity index (χ1n) is 5.77. The lowest BCUT2D eigenvalue weighted by atomic mass is 10.1. The largest absolute Gasteiger partial charge is 0.299 e. The monoisotopic (exact) mass is 229 g/mol. The first kappa shape index (κ1) is 10.1. The second kappa shape index (κ2) is 4.40. The van der Waals surface area contributed by atoms with Gasteiger partial charge in [-0.05, 0) is 48.2 Å². The fourth-order valence-electron chi connectivity index (χ4n) is 2.06. The lowest BCUT2D eigenvalue weighted by molar-refractivity contribution is 0.172. The van der Waals surface area contributed by atoms with Crippen LogP contribution in [-0.4, -0.2) is 18.0 Å². The van der Waals surface area contributed by atoms with Gasteiger partial charge in [0.25, 0.3) is 0 Å². The maximum Gasteiger partial charge on any atom is 0.0342 e. The van der Waals surface area contributed by atoms with E-state index in [0.717, 1.165) is 6.54 Å². The van der Waals surface area contributed by atoms with Gasteiger partial charge in [0, 0.05) is 11.4 Å². The highest BCUT2D eigenvalue weighted by Crippen LogP contribution is 2.26. The molecule has 1 fully saturated rings. The van der Waals surface area contributed by atoms with Gasteiger partial charge in [-0.15, -0.1) is 11.3 Å². The van der Waals surface area contributed by atoms with Crippen molar-refractivity contribution in [1.82, 2.24) is 4.90 Å². The zero-order chi connectivity index (χ0) is 10.8. The number of benzene rings is 1. The van der Waals surface area contributed by atoms with Gasteiger partial charge >= 0.3 is 0 Å². The van der Waals surface area contributed by atoms with Gasteiger partial charge < -0.3 is 0 Å². The lowest BCUT2D eigenvalue weighted by Crippen LogP contribution is -2.36. The number of thiophene rings is 1. The van der Waals surface area contributed by atoms with Crippen molar-refractivity contribution in [2.75, 3.05) is 13.1 Å². The van der Waals surface area contributed by atoms with Crippen LogP contribution in [0.2, 0.25) is 0 Å². The van der Waals surface area contributed by atoms with E-state index in [9.17, 15) is 0 Å². The molecule has 1 nitrogen and oxygen atoms in total. The lowest BCUT2D eigenvalue weighted by Gasteiger charge is -2.30. The molecule has 0 unspecified atom stereocenters. The van der Waals surface area contributed by atoms with Gasteiger partial charge in [-0.25, -0.2) is 0 Å². The molecule has 16 heavy (non-hydrogen) atoms. The third-order valence-electron chi connectivity index (χ3n) is 3.09. The minimum absolute atomic E-state index is 1.11. The predicted molar refractivity (Wildman–Crippen MR) is 69.6 cm³/mol. The van der Waals surface area contributed by atoms with Crippen LogP contribution in [0.1, 0.15) is 12.0 Å². The molecular weight excluding hydrogens is 214 g/mol. The van der Waals surface area contributed by atoms with E-state index in [4.69, 9.17) is 0 Å². The fraction of sp³-hybridized carbons (Fsp3) is 0.286. The molecule has 1 aliphatic heterocycles. The number of rotatable bonds is 3. The van der Waals surface area contributed by atoms with E-state index in [2.05, 4.69) is 46.7 Å². The summed E-state index contributed by atoms with van der Waals surface area (Å²) in [5.41, 5.74) is 2.79. The maximum atomic E-state index is 2.49. The highest BCUT2D eigenvalue weighted by Gasteiger charge is 2.13. The molecule has 0 N–H and O–H groups in total. The molecule has 1 aromatic heterocycles. The molecule has 0 bridgehead atoms. The molecular formula is C14H15NS.